The maximum Gasteiger partial charge on any atom is 0.0607 e. The van der Waals surface area contributed by atoms with Gasteiger partial charge in [0.1, 0.15) is 0 Å². The molecule has 0 fully saturated rings. The normalized spacial score (nSPS) is 12.4. The van der Waals surface area contributed by atoms with Crippen LogP contribution in [0.25, 0.3) is 0 Å². The summed E-state index contributed by atoms with van der Waals surface area (Å²) in [6.07, 6.45) is 2.99. The van der Waals surface area contributed by atoms with Crippen LogP contribution in [0.5, 0.6) is 0 Å². The SMILES string of the molecule is CCCNC(c1ccc(C)nc1)c1cccc(Br)c1Cl. The fourth-order valence-corrected chi connectivity index (χ4v) is 2.71. The average molecular weight is 354 g/mol. The van der Waals surface area contributed by atoms with Crippen molar-refractivity contribution in [2.75, 3.05) is 6.54 Å². The number of aryl methyl sites for hydroxylation is 1. The summed E-state index contributed by atoms with van der Waals surface area (Å²) in [6.45, 7) is 5.08. The number of rotatable bonds is 5. The fraction of sp³-hybridized carbons (Fsp3) is 0.312. The van der Waals surface area contributed by atoms with Crippen molar-refractivity contribution in [3.8, 4) is 0 Å². The monoisotopic (exact) mass is 352 g/mol. The Kier molecular flexibility index (Phi) is 5.58. The highest BCUT2D eigenvalue weighted by Gasteiger charge is 2.17. The van der Waals surface area contributed by atoms with Gasteiger partial charge in [0.2, 0.25) is 0 Å². The van der Waals surface area contributed by atoms with Gasteiger partial charge in [-0.1, -0.05) is 36.7 Å². The number of halogens is 2. The van der Waals surface area contributed by atoms with Crippen LogP contribution in [-0.2, 0) is 0 Å². The van der Waals surface area contributed by atoms with Crippen molar-refractivity contribution in [3.63, 3.8) is 0 Å². The molecule has 20 heavy (non-hydrogen) atoms. The largest absolute Gasteiger partial charge is 0.306 e. The second kappa shape index (κ2) is 7.21. The number of nitrogens with zero attached hydrogens (tertiary/aromatic N) is 1. The van der Waals surface area contributed by atoms with Crippen molar-refractivity contribution in [3.05, 3.63) is 62.8 Å². The van der Waals surface area contributed by atoms with Gasteiger partial charge >= 0.3 is 0 Å². The first kappa shape index (κ1) is 15.5. The summed E-state index contributed by atoms with van der Waals surface area (Å²) in [6, 6.07) is 10.2. The molecule has 1 unspecified atom stereocenters. The highest BCUT2D eigenvalue weighted by molar-refractivity contribution is 9.10. The maximum atomic E-state index is 6.44. The molecule has 1 aromatic carbocycles. The zero-order valence-corrected chi connectivity index (χ0v) is 14.0. The van der Waals surface area contributed by atoms with E-state index in [-0.39, 0.29) is 6.04 Å². The predicted molar refractivity (Wildman–Crippen MR) is 88.3 cm³/mol. The summed E-state index contributed by atoms with van der Waals surface area (Å²) >= 11 is 9.93. The predicted octanol–water partition coefficient (Wildman–Crippen LogP) is 4.89. The van der Waals surface area contributed by atoms with Crippen molar-refractivity contribution in [2.24, 2.45) is 0 Å². The minimum Gasteiger partial charge on any atom is -0.306 e. The lowest BCUT2D eigenvalue weighted by Crippen LogP contribution is -2.23. The topological polar surface area (TPSA) is 24.9 Å². The molecule has 1 atom stereocenters. The Morgan fingerprint density at radius 2 is 2.10 bits per heavy atom. The van der Waals surface area contributed by atoms with E-state index in [1.54, 1.807) is 0 Å². The van der Waals surface area contributed by atoms with Gasteiger partial charge in [-0.15, -0.1) is 0 Å². The molecule has 2 nitrogen and oxygen atoms in total. The molecular formula is C16H18BrClN2. The van der Waals surface area contributed by atoms with E-state index in [1.807, 2.05) is 31.3 Å². The minimum absolute atomic E-state index is 0.0630. The van der Waals surface area contributed by atoms with Gasteiger partial charge in [-0.3, -0.25) is 4.98 Å². The van der Waals surface area contributed by atoms with E-state index in [1.165, 1.54) is 0 Å². The summed E-state index contributed by atoms with van der Waals surface area (Å²) in [7, 11) is 0. The Morgan fingerprint density at radius 1 is 1.30 bits per heavy atom. The summed E-state index contributed by atoms with van der Waals surface area (Å²) in [5, 5.41) is 4.30. The molecule has 0 bridgehead atoms. The first-order chi connectivity index (χ1) is 9.63. The molecule has 2 rings (SSSR count). The van der Waals surface area contributed by atoms with Crippen molar-refractivity contribution in [2.45, 2.75) is 26.3 Å². The van der Waals surface area contributed by atoms with E-state index in [2.05, 4.69) is 45.3 Å². The summed E-state index contributed by atoms with van der Waals surface area (Å²) < 4.78 is 0.917. The van der Waals surface area contributed by atoms with Crippen molar-refractivity contribution in [1.29, 1.82) is 0 Å². The lowest BCUT2D eigenvalue weighted by atomic mass is 9.99. The van der Waals surface area contributed by atoms with Gasteiger partial charge in [0.25, 0.3) is 0 Å². The number of aromatic nitrogens is 1. The first-order valence-electron chi connectivity index (χ1n) is 6.73. The zero-order valence-electron chi connectivity index (χ0n) is 11.7. The molecule has 0 saturated heterocycles. The summed E-state index contributed by atoms with van der Waals surface area (Å²) in [5.41, 5.74) is 3.22. The third kappa shape index (κ3) is 3.60. The lowest BCUT2D eigenvalue weighted by Gasteiger charge is -2.21. The molecule has 1 N–H and O–H groups in total. The summed E-state index contributed by atoms with van der Waals surface area (Å²) in [4.78, 5) is 4.39. The van der Waals surface area contributed by atoms with Crippen LogP contribution in [0.4, 0.5) is 0 Å². The number of nitrogens with one attached hydrogen (secondary N) is 1. The van der Waals surface area contributed by atoms with E-state index < -0.39 is 0 Å². The molecule has 106 valence electrons. The van der Waals surface area contributed by atoms with E-state index >= 15 is 0 Å². The second-order valence-corrected chi connectivity index (χ2v) is 6.00. The van der Waals surface area contributed by atoms with E-state index in [9.17, 15) is 0 Å². The van der Waals surface area contributed by atoms with Crippen LogP contribution in [0.2, 0.25) is 5.02 Å². The molecule has 1 heterocycles. The molecule has 0 amide bonds. The maximum absolute atomic E-state index is 6.44. The van der Waals surface area contributed by atoms with Gasteiger partial charge in [0, 0.05) is 16.4 Å². The van der Waals surface area contributed by atoms with E-state index in [0.29, 0.717) is 0 Å². The lowest BCUT2D eigenvalue weighted by molar-refractivity contribution is 0.596. The molecule has 1 aromatic heterocycles. The number of pyridine rings is 1. The molecule has 2 aromatic rings. The fourth-order valence-electron chi connectivity index (χ4n) is 2.09. The van der Waals surface area contributed by atoms with E-state index in [4.69, 9.17) is 11.6 Å². The highest BCUT2D eigenvalue weighted by atomic mass is 79.9. The highest BCUT2D eigenvalue weighted by Crippen LogP contribution is 2.33. The van der Waals surface area contributed by atoms with Gasteiger partial charge < -0.3 is 5.32 Å². The molecule has 0 radical (unpaired) electrons. The standard InChI is InChI=1S/C16H18BrClN2/c1-3-9-19-16(12-8-7-11(2)20-10-12)13-5-4-6-14(17)15(13)18/h4-8,10,16,19H,3,9H2,1-2H3. The first-order valence-corrected chi connectivity index (χ1v) is 7.90. The van der Waals surface area contributed by atoms with Crippen LogP contribution in [0.15, 0.2) is 41.0 Å². The van der Waals surface area contributed by atoms with Crippen LogP contribution in [0, 0.1) is 6.92 Å². The van der Waals surface area contributed by atoms with E-state index in [0.717, 1.165) is 39.3 Å². The Balaban J connectivity index is 2.41. The molecule has 0 saturated carbocycles. The van der Waals surface area contributed by atoms with Crippen LogP contribution >= 0.6 is 27.5 Å². The Labute approximate surface area is 133 Å². The Bertz CT molecular complexity index is 569. The minimum atomic E-state index is 0.0630. The number of hydrogen-bond acceptors (Lipinski definition) is 2. The summed E-state index contributed by atoms with van der Waals surface area (Å²) in [5.74, 6) is 0. The van der Waals surface area contributed by atoms with Gasteiger partial charge in [-0.25, -0.2) is 0 Å². The van der Waals surface area contributed by atoms with Gasteiger partial charge in [-0.05, 0) is 59.1 Å². The molecule has 4 heteroatoms. The molecule has 0 aliphatic heterocycles. The molecule has 0 spiro atoms. The zero-order chi connectivity index (χ0) is 14.5. The van der Waals surface area contributed by atoms with Crippen LogP contribution in [0.3, 0.4) is 0 Å². The quantitative estimate of drug-likeness (QED) is 0.827. The third-order valence-electron chi connectivity index (χ3n) is 3.16. The van der Waals surface area contributed by atoms with Gasteiger partial charge in [-0.2, -0.15) is 0 Å². The van der Waals surface area contributed by atoms with Crippen molar-refractivity contribution >= 4 is 27.5 Å². The smallest absolute Gasteiger partial charge is 0.0607 e. The van der Waals surface area contributed by atoms with Crippen molar-refractivity contribution < 1.29 is 0 Å². The average Bonchev–Trinajstić information content (AvgIpc) is 2.45. The molecular weight excluding hydrogens is 336 g/mol. The molecule has 0 aliphatic rings. The van der Waals surface area contributed by atoms with Crippen LogP contribution in [0.1, 0.15) is 36.2 Å². The van der Waals surface area contributed by atoms with Crippen LogP contribution < -0.4 is 5.32 Å². The second-order valence-electron chi connectivity index (χ2n) is 4.76. The third-order valence-corrected chi connectivity index (χ3v) is 4.47. The van der Waals surface area contributed by atoms with Gasteiger partial charge in [0.15, 0.2) is 0 Å². The Hall–Kier alpha value is -0.900. The Morgan fingerprint density at radius 3 is 2.75 bits per heavy atom. The van der Waals surface area contributed by atoms with Crippen LogP contribution in [-0.4, -0.2) is 11.5 Å². The van der Waals surface area contributed by atoms with Gasteiger partial charge in [0.05, 0.1) is 11.1 Å². The number of hydrogen-bond donors (Lipinski definition) is 1. The number of benzene rings is 1. The molecule has 0 aliphatic carbocycles. The van der Waals surface area contributed by atoms with Crippen molar-refractivity contribution in [1.82, 2.24) is 10.3 Å².